The zero-order chi connectivity index (χ0) is 19.1. The average molecular weight is 362 g/mol. The van der Waals surface area contributed by atoms with Crippen LogP contribution in [0.4, 0.5) is 0 Å². The average Bonchev–Trinajstić information content (AvgIpc) is 2.71. The molecule has 4 heteroatoms. The number of hydrogen-bond acceptors (Lipinski definition) is 3. The van der Waals surface area contributed by atoms with Crippen molar-refractivity contribution in [1.82, 2.24) is 5.32 Å². The third-order valence-corrected chi connectivity index (χ3v) is 4.99. The molecular weight excluding hydrogens is 336 g/mol. The van der Waals surface area contributed by atoms with Crippen LogP contribution in [0.15, 0.2) is 42.0 Å². The van der Waals surface area contributed by atoms with Crippen LogP contribution in [0.25, 0.3) is 16.8 Å². The van der Waals surface area contributed by atoms with Gasteiger partial charge in [0.25, 0.3) is 5.91 Å². The molecule has 4 nitrogen and oxygen atoms in total. The van der Waals surface area contributed by atoms with Gasteiger partial charge in [0.05, 0.1) is 6.61 Å². The molecule has 0 atom stereocenters. The van der Waals surface area contributed by atoms with Gasteiger partial charge in [-0.25, -0.2) is 0 Å². The molecule has 0 aliphatic heterocycles. The summed E-state index contributed by atoms with van der Waals surface area (Å²) in [6.07, 6.45) is 8.03. The molecule has 0 spiro atoms. The van der Waals surface area contributed by atoms with E-state index in [0.717, 1.165) is 48.4 Å². The van der Waals surface area contributed by atoms with Crippen LogP contribution in [0.5, 0.6) is 5.75 Å². The molecule has 1 aliphatic rings. The zero-order valence-electron chi connectivity index (χ0n) is 15.8. The van der Waals surface area contributed by atoms with E-state index in [2.05, 4.69) is 18.3 Å². The molecule has 1 amide bonds. The molecule has 140 valence electrons. The molecule has 0 bridgehead atoms. The van der Waals surface area contributed by atoms with Crippen molar-refractivity contribution < 1.29 is 9.53 Å². The van der Waals surface area contributed by atoms with Gasteiger partial charge < -0.3 is 10.1 Å². The summed E-state index contributed by atoms with van der Waals surface area (Å²) >= 11 is 0. The lowest BCUT2D eigenvalue weighted by Crippen LogP contribution is -2.36. The highest BCUT2D eigenvalue weighted by Gasteiger charge is 2.19. The monoisotopic (exact) mass is 362 g/mol. The second-order valence-electron chi connectivity index (χ2n) is 7.03. The van der Waals surface area contributed by atoms with E-state index in [1.807, 2.05) is 36.4 Å². The van der Waals surface area contributed by atoms with Gasteiger partial charge in [-0.05, 0) is 42.2 Å². The molecule has 0 radical (unpaired) electrons. The van der Waals surface area contributed by atoms with Crippen LogP contribution in [-0.4, -0.2) is 18.6 Å². The highest BCUT2D eigenvalue weighted by atomic mass is 16.5. The van der Waals surface area contributed by atoms with E-state index in [1.54, 1.807) is 6.08 Å². The number of nitriles is 1. The largest absolute Gasteiger partial charge is 0.493 e. The second kappa shape index (κ2) is 9.23. The Morgan fingerprint density at radius 2 is 2.00 bits per heavy atom. The number of carbonyl (C=O) groups excluding carboxylic acids is 1. The van der Waals surface area contributed by atoms with Crippen molar-refractivity contribution in [3.8, 4) is 11.8 Å². The summed E-state index contributed by atoms with van der Waals surface area (Å²) in [5.41, 5.74) is 0.912. The number of hydrogen-bond donors (Lipinski definition) is 1. The van der Waals surface area contributed by atoms with Gasteiger partial charge >= 0.3 is 0 Å². The SMILES string of the molecule is CCCOc1ccc2ccccc2c1/C=C(/C#N)C(=O)NC1CCCCC1. The second-order valence-corrected chi connectivity index (χ2v) is 7.03. The number of carbonyl (C=O) groups is 1. The standard InChI is InChI=1S/C23H26N2O2/c1-2-14-27-22-13-12-17-8-6-7-11-20(17)21(22)15-18(16-24)23(26)25-19-9-4-3-5-10-19/h6-8,11-13,15,19H,2-5,9-10,14H2,1H3,(H,25,26)/b18-15-. The maximum Gasteiger partial charge on any atom is 0.262 e. The van der Waals surface area contributed by atoms with Crippen molar-refractivity contribution >= 4 is 22.8 Å². The minimum absolute atomic E-state index is 0.123. The van der Waals surface area contributed by atoms with Crippen LogP contribution < -0.4 is 10.1 Å². The summed E-state index contributed by atoms with van der Waals surface area (Å²) < 4.78 is 5.88. The molecule has 2 aromatic carbocycles. The van der Waals surface area contributed by atoms with Crippen molar-refractivity contribution in [2.45, 2.75) is 51.5 Å². The van der Waals surface area contributed by atoms with Crippen LogP contribution >= 0.6 is 0 Å². The van der Waals surface area contributed by atoms with Gasteiger partial charge in [-0.1, -0.05) is 56.5 Å². The highest BCUT2D eigenvalue weighted by Crippen LogP contribution is 2.30. The first-order chi connectivity index (χ1) is 13.2. The Morgan fingerprint density at radius 1 is 1.22 bits per heavy atom. The minimum Gasteiger partial charge on any atom is -0.493 e. The molecule has 1 aliphatic carbocycles. The van der Waals surface area contributed by atoms with Gasteiger partial charge in [0.15, 0.2) is 0 Å². The summed E-state index contributed by atoms with van der Waals surface area (Å²) in [7, 11) is 0. The van der Waals surface area contributed by atoms with Crippen LogP contribution in [0, 0.1) is 11.3 Å². The summed E-state index contributed by atoms with van der Waals surface area (Å²) in [6, 6.07) is 14.1. The number of nitrogens with zero attached hydrogens (tertiary/aromatic N) is 1. The molecule has 3 rings (SSSR count). The highest BCUT2D eigenvalue weighted by molar-refractivity contribution is 6.05. The van der Waals surface area contributed by atoms with Crippen molar-refractivity contribution in [3.63, 3.8) is 0 Å². The fraction of sp³-hybridized carbons (Fsp3) is 0.391. The molecular formula is C23H26N2O2. The van der Waals surface area contributed by atoms with Crippen molar-refractivity contribution in [2.75, 3.05) is 6.61 Å². The smallest absolute Gasteiger partial charge is 0.262 e. The Bertz CT molecular complexity index is 874. The summed E-state index contributed by atoms with van der Waals surface area (Å²) in [5, 5.41) is 14.7. The van der Waals surface area contributed by atoms with E-state index >= 15 is 0 Å². The lowest BCUT2D eigenvalue weighted by Gasteiger charge is -2.22. The number of rotatable bonds is 6. The van der Waals surface area contributed by atoms with Crippen LogP contribution in [0.3, 0.4) is 0 Å². The van der Waals surface area contributed by atoms with E-state index < -0.39 is 0 Å². The van der Waals surface area contributed by atoms with Gasteiger partial charge in [0.2, 0.25) is 0 Å². The number of fused-ring (bicyclic) bond motifs is 1. The summed E-state index contributed by atoms with van der Waals surface area (Å²) in [5.74, 6) is 0.410. The maximum atomic E-state index is 12.7. The molecule has 1 fully saturated rings. The summed E-state index contributed by atoms with van der Waals surface area (Å²) in [4.78, 5) is 12.7. The quantitative estimate of drug-likeness (QED) is 0.582. The third-order valence-electron chi connectivity index (χ3n) is 4.99. The van der Waals surface area contributed by atoms with E-state index in [0.29, 0.717) is 12.4 Å². The normalized spacial score (nSPS) is 15.3. The van der Waals surface area contributed by atoms with Crippen LogP contribution in [-0.2, 0) is 4.79 Å². The fourth-order valence-electron chi connectivity index (χ4n) is 3.57. The zero-order valence-corrected chi connectivity index (χ0v) is 15.8. The van der Waals surface area contributed by atoms with Gasteiger partial charge in [-0.2, -0.15) is 5.26 Å². The van der Waals surface area contributed by atoms with E-state index in [1.165, 1.54) is 6.42 Å². The number of amides is 1. The van der Waals surface area contributed by atoms with Crippen LogP contribution in [0.1, 0.15) is 51.0 Å². The van der Waals surface area contributed by atoms with E-state index in [4.69, 9.17) is 4.74 Å². The van der Waals surface area contributed by atoms with Crippen molar-refractivity contribution in [3.05, 3.63) is 47.5 Å². The predicted octanol–water partition coefficient (Wildman–Crippen LogP) is 4.98. The van der Waals surface area contributed by atoms with E-state index in [9.17, 15) is 10.1 Å². The molecule has 0 unspecified atom stereocenters. The fourth-order valence-corrected chi connectivity index (χ4v) is 3.57. The Labute approximate surface area is 160 Å². The maximum absolute atomic E-state index is 12.7. The predicted molar refractivity (Wildman–Crippen MR) is 108 cm³/mol. The van der Waals surface area contributed by atoms with Gasteiger partial charge in [-0.15, -0.1) is 0 Å². The lowest BCUT2D eigenvalue weighted by atomic mass is 9.95. The topological polar surface area (TPSA) is 62.1 Å². The Balaban J connectivity index is 1.95. The summed E-state index contributed by atoms with van der Waals surface area (Å²) in [6.45, 7) is 2.64. The number of nitrogens with one attached hydrogen (secondary N) is 1. The van der Waals surface area contributed by atoms with Crippen LogP contribution in [0.2, 0.25) is 0 Å². The first-order valence-electron chi connectivity index (χ1n) is 9.80. The first-order valence-corrected chi connectivity index (χ1v) is 9.80. The molecule has 0 heterocycles. The molecule has 1 saturated carbocycles. The minimum atomic E-state index is -0.293. The van der Waals surface area contributed by atoms with Crippen molar-refractivity contribution in [1.29, 1.82) is 5.26 Å². The van der Waals surface area contributed by atoms with E-state index in [-0.39, 0.29) is 17.5 Å². The van der Waals surface area contributed by atoms with Gasteiger partial charge in [0, 0.05) is 11.6 Å². The number of benzene rings is 2. The van der Waals surface area contributed by atoms with Crippen molar-refractivity contribution in [2.24, 2.45) is 0 Å². The lowest BCUT2D eigenvalue weighted by molar-refractivity contribution is -0.117. The third kappa shape index (κ3) is 4.68. The van der Waals surface area contributed by atoms with Gasteiger partial charge in [0.1, 0.15) is 17.4 Å². The molecule has 1 N–H and O–H groups in total. The first kappa shape index (κ1) is 19.0. The van der Waals surface area contributed by atoms with Gasteiger partial charge in [-0.3, -0.25) is 4.79 Å². The molecule has 0 aromatic heterocycles. The Hall–Kier alpha value is -2.80. The Morgan fingerprint density at radius 3 is 2.74 bits per heavy atom. The number of ether oxygens (including phenoxy) is 1. The Kier molecular flexibility index (Phi) is 6.49. The molecule has 2 aromatic rings. The molecule has 0 saturated heterocycles. The molecule has 27 heavy (non-hydrogen) atoms.